The van der Waals surface area contributed by atoms with Crippen LogP contribution in [0.25, 0.3) is 5.76 Å². The Kier molecular flexibility index (Phi) is 7.11. The van der Waals surface area contributed by atoms with Crippen LogP contribution in [0.5, 0.6) is 5.75 Å². The number of rotatable bonds is 9. The van der Waals surface area contributed by atoms with Crippen LogP contribution < -0.4 is 4.74 Å². The predicted octanol–water partition coefficient (Wildman–Crippen LogP) is 4.49. The van der Waals surface area contributed by atoms with Crippen molar-refractivity contribution in [1.29, 1.82) is 0 Å². The lowest BCUT2D eigenvalue weighted by molar-refractivity contribution is -0.139. The number of hydrogen-bond acceptors (Lipinski definition) is 5. The number of imidazole rings is 1. The van der Waals surface area contributed by atoms with Crippen molar-refractivity contribution >= 4 is 17.4 Å². The molecule has 1 aliphatic heterocycles. The molecule has 0 bridgehead atoms. The number of ether oxygens (including phenoxy) is 1. The van der Waals surface area contributed by atoms with Gasteiger partial charge in [-0.2, -0.15) is 0 Å². The SMILES string of the molecule is CCCOc1cccc(C2/C(=C(/O)c3ccc(C)cc3)C(=O)C(=O)N2CCCn2ccnc2)c1. The summed E-state index contributed by atoms with van der Waals surface area (Å²) in [4.78, 5) is 31.9. The lowest BCUT2D eigenvalue weighted by Gasteiger charge is -2.26. The highest BCUT2D eigenvalue weighted by atomic mass is 16.5. The van der Waals surface area contributed by atoms with Crippen LogP contribution in [0.2, 0.25) is 0 Å². The second-order valence-electron chi connectivity index (χ2n) is 8.43. The van der Waals surface area contributed by atoms with Crippen molar-refractivity contribution in [2.24, 2.45) is 0 Å². The van der Waals surface area contributed by atoms with Crippen molar-refractivity contribution in [3.8, 4) is 5.75 Å². The number of nitrogens with zero attached hydrogens (tertiary/aromatic N) is 3. The minimum absolute atomic E-state index is 0.101. The molecule has 4 rings (SSSR count). The molecule has 3 aromatic rings. The highest BCUT2D eigenvalue weighted by Gasteiger charge is 2.45. The summed E-state index contributed by atoms with van der Waals surface area (Å²) in [5.74, 6) is -0.784. The first-order chi connectivity index (χ1) is 16.5. The molecule has 0 saturated carbocycles. The molecule has 1 amide bonds. The van der Waals surface area contributed by atoms with E-state index >= 15 is 0 Å². The van der Waals surface area contributed by atoms with Gasteiger partial charge in [-0.05, 0) is 37.5 Å². The molecule has 1 fully saturated rings. The fourth-order valence-corrected chi connectivity index (χ4v) is 4.16. The number of carbonyl (C=O) groups is 2. The zero-order chi connectivity index (χ0) is 24.1. The Balaban J connectivity index is 1.73. The van der Waals surface area contributed by atoms with Crippen LogP contribution >= 0.6 is 0 Å². The molecule has 176 valence electrons. The van der Waals surface area contributed by atoms with Gasteiger partial charge >= 0.3 is 0 Å². The Morgan fingerprint density at radius 2 is 1.91 bits per heavy atom. The molecule has 7 nitrogen and oxygen atoms in total. The molecule has 0 spiro atoms. The number of ketones is 1. The first-order valence-electron chi connectivity index (χ1n) is 11.5. The molecule has 7 heteroatoms. The number of amides is 1. The van der Waals surface area contributed by atoms with Crippen molar-refractivity contribution in [1.82, 2.24) is 14.5 Å². The molecule has 34 heavy (non-hydrogen) atoms. The van der Waals surface area contributed by atoms with Crippen molar-refractivity contribution in [2.45, 2.75) is 39.3 Å². The third-order valence-corrected chi connectivity index (χ3v) is 5.89. The molecule has 1 atom stereocenters. The molecule has 1 unspecified atom stereocenters. The summed E-state index contributed by atoms with van der Waals surface area (Å²) in [5, 5.41) is 11.2. The van der Waals surface area contributed by atoms with Gasteiger partial charge in [0, 0.05) is 31.0 Å². The van der Waals surface area contributed by atoms with Gasteiger partial charge in [0.1, 0.15) is 11.5 Å². The number of benzene rings is 2. The van der Waals surface area contributed by atoms with Crippen LogP contribution in [0.1, 0.15) is 42.5 Å². The molecule has 0 radical (unpaired) electrons. The number of aliphatic hydroxyl groups excluding tert-OH is 1. The molecule has 1 N–H and O–H groups in total. The molecule has 2 aromatic carbocycles. The third kappa shape index (κ3) is 4.88. The van der Waals surface area contributed by atoms with Gasteiger partial charge in [0.2, 0.25) is 0 Å². The highest BCUT2D eigenvalue weighted by molar-refractivity contribution is 6.46. The van der Waals surface area contributed by atoms with E-state index in [1.807, 2.05) is 61.0 Å². The van der Waals surface area contributed by atoms with Crippen LogP contribution in [0, 0.1) is 6.92 Å². The van der Waals surface area contributed by atoms with E-state index in [1.54, 1.807) is 29.6 Å². The quantitative estimate of drug-likeness (QED) is 0.289. The van der Waals surface area contributed by atoms with E-state index in [4.69, 9.17) is 4.74 Å². The van der Waals surface area contributed by atoms with Gasteiger partial charge in [0.15, 0.2) is 0 Å². The maximum absolute atomic E-state index is 13.2. The number of carbonyl (C=O) groups excluding carboxylic acids is 2. The lowest BCUT2D eigenvalue weighted by atomic mass is 9.95. The zero-order valence-electron chi connectivity index (χ0n) is 19.5. The Hall–Kier alpha value is -3.87. The minimum Gasteiger partial charge on any atom is -0.507 e. The van der Waals surface area contributed by atoms with Gasteiger partial charge < -0.3 is 19.3 Å². The average Bonchev–Trinajstić information content (AvgIpc) is 3.45. The summed E-state index contributed by atoms with van der Waals surface area (Å²) in [6, 6.07) is 14.0. The van der Waals surface area contributed by atoms with E-state index in [2.05, 4.69) is 4.98 Å². The van der Waals surface area contributed by atoms with Gasteiger partial charge in [-0.25, -0.2) is 4.98 Å². The molecular formula is C27H29N3O4. The van der Waals surface area contributed by atoms with Crippen molar-refractivity contribution in [3.05, 3.63) is 89.5 Å². The monoisotopic (exact) mass is 459 g/mol. The summed E-state index contributed by atoms with van der Waals surface area (Å²) in [6.07, 6.45) is 6.78. The number of likely N-dealkylation sites (tertiary alicyclic amines) is 1. The Labute approximate surface area is 199 Å². The summed E-state index contributed by atoms with van der Waals surface area (Å²) in [7, 11) is 0. The number of Topliss-reactive ketones (excluding diaryl/α,β-unsaturated/α-hetero) is 1. The van der Waals surface area contributed by atoms with E-state index < -0.39 is 17.7 Å². The van der Waals surface area contributed by atoms with Gasteiger partial charge in [-0.3, -0.25) is 9.59 Å². The minimum atomic E-state index is -0.700. The average molecular weight is 460 g/mol. The summed E-state index contributed by atoms with van der Waals surface area (Å²) >= 11 is 0. The van der Waals surface area contributed by atoms with Crippen molar-refractivity contribution in [3.63, 3.8) is 0 Å². The Bertz CT molecular complexity index is 1180. The number of hydrogen-bond donors (Lipinski definition) is 1. The second-order valence-corrected chi connectivity index (χ2v) is 8.43. The molecule has 1 aromatic heterocycles. The first kappa shape index (κ1) is 23.3. The molecule has 1 saturated heterocycles. The van der Waals surface area contributed by atoms with E-state index in [0.717, 1.165) is 17.5 Å². The van der Waals surface area contributed by atoms with Crippen molar-refractivity contribution in [2.75, 3.05) is 13.2 Å². The van der Waals surface area contributed by atoms with Gasteiger partial charge in [-0.15, -0.1) is 0 Å². The van der Waals surface area contributed by atoms with E-state index in [9.17, 15) is 14.7 Å². The van der Waals surface area contributed by atoms with Crippen LogP contribution in [0.4, 0.5) is 0 Å². The molecule has 2 heterocycles. The number of aromatic nitrogens is 2. The summed E-state index contributed by atoms with van der Waals surface area (Å²) in [5.41, 5.74) is 2.37. The fourth-order valence-electron chi connectivity index (χ4n) is 4.16. The molecular weight excluding hydrogens is 430 g/mol. The van der Waals surface area contributed by atoms with E-state index in [1.165, 1.54) is 0 Å². The second kappa shape index (κ2) is 10.4. The largest absolute Gasteiger partial charge is 0.507 e. The lowest BCUT2D eigenvalue weighted by Crippen LogP contribution is -2.31. The van der Waals surface area contributed by atoms with Gasteiger partial charge in [-0.1, -0.05) is 48.9 Å². The topological polar surface area (TPSA) is 84.7 Å². The van der Waals surface area contributed by atoms with Crippen LogP contribution in [0.15, 0.2) is 72.8 Å². The normalized spacial score (nSPS) is 17.4. The number of aliphatic hydroxyl groups is 1. The van der Waals surface area contributed by atoms with E-state index in [0.29, 0.717) is 37.4 Å². The first-order valence-corrected chi connectivity index (χ1v) is 11.5. The smallest absolute Gasteiger partial charge is 0.295 e. The highest BCUT2D eigenvalue weighted by Crippen LogP contribution is 2.40. The maximum Gasteiger partial charge on any atom is 0.295 e. The van der Waals surface area contributed by atoms with Crippen LogP contribution in [0.3, 0.4) is 0 Å². The number of aryl methyl sites for hydroxylation is 2. The summed E-state index contributed by atoms with van der Waals surface area (Å²) in [6.45, 7) is 5.56. The predicted molar refractivity (Wildman–Crippen MR) is 129 cm³/mol. The van der Waals surface area contributed by atoms with Crippen LogP contribution in [-0.4, -0.2) is 44.4 Å². The molecule has 0 aliphatic carbocycles. The maximum atomic E-state index is 13.2. The molecule has 1 aliphatic rings. The van der Waals surface area contributed by atoms with Gasteiger partial charge in [0.05, 0.1) is 24.5 Å². The van der Waals surface area contributed by atoms with Gasteiger partial charge in [0.25, 0.3) is 11.7 Å². The Morgan fingerprint density at radius 1 is 1.12 bits per heavy atom. The zero-order valence-corrected chi connectivity index (χ0v) is 19.5. The third-order valence-electron chi connectivity index (χ3n) is 5.89. The van der Waals surface area contributed by atoms with Crippen LogP contribution in [-0.2, 0) is 16.1 Å². The Morgan fingerprint density at radius 3 is 2.62 bits per heavy atom. The standard InChI is InChI=1S/C27H29N3O4/c1-3-16-34-22-7-4-6-21(17-22)24-23(25(31)20-10-8-19(2)9-11-20)26(32)27(33)30(24)14-5-13-29-15-12-28-18-29/h4,6-12,15,17-18,24,31H,3,5,13-14,16H2,1-2H3/b25-23-. The van der Waals surface area contributed by atoms with E-state index in [-0.39, 0.29) is 11.3 Å². The van der Waals surface area contributed by atoms with Crippen molar-refractivity contribution < 1.29 is 19.4 Å². The fraction of sp³-hybridized carbons (Fsp3) is 0.296. The summed E-state index contributed by atoms with van der Waals surface area (Å²) < 4.78 is 7.72.